The Kier molecular flexibility index (Phi) is 6.82. The Labute approximate surface area is 174 Å². The van der Waals surface area contributed by atoms with Crippen LogP contribution in [0.1, 0.15) is 26.5 Å². The predicted octanol–water partition coefficient (Wildman–Crippen LogP) is 2.22. The lowest BCUT2D eigenvalue weighted by Crippen LogP contribution is -2.43. The number of benzene rings is 1. The van der Waals surface area contributed by atoms with E-state index in [1.54, 1.807) is 13.0 Å². The first-order valence-corrected chi connectivity index (χ1v) is 10.3. The smallest absolute Gasteiger partial charge is 0.335 e. The molecule has 0 aliphatic heterocycles. The van der Waals surface area contributed by atoms with Crippen LogP contribution in [0.3, 0.4) is 0 Å². The van der Waals surface area contributed by atoms with Crippen molar-refractivity contribution < 1.29 is 22.7 Å². The summed E-state index contributed by atoms with van der Waals surface area (Å²) in [5, 5.41) is 7.49. The maximum absolute atomic E-state index is 12.5. The van der Waals surface area contributed by atoms with Crippen molar-refractivity contribution in [2.75, 3.05) is 17.7 Å². The van der Waals surface area contributed by atoms with Gasteiger partial charge in [0.25, 0.3) is 10.0 Å². The molecule has 1 aromatic heterocycles. The van der Waals surface area contributed by atoms with Gasteiger partial charge in [-0.05, 0) is 45.9 Å². The molecule has 0 spiro atoms. The Morgan fingerprint density at radius 3 is 2.37 bits per heavy atom. The first-order valence-electron chi connectivity index (χ1n) is 8.81. The Hall–Kier alpha value is -3.41. The minimum atomic E-state index is -4.22. The molecule has 4 amide bonds. The van der Waals surface area contributed by atoms with Crippen molar-refractivity contribution in [3.63, 3.8) is 0 Å². The van der Waals surface area contributed by atoms with Crippen LogP contribution in [-0.4, -0.2) is 43.1 Å². The number of urea groups is 2. The summed E-state index contributed by atoms with van der Waals surface area (Å²) in [7, 11) is -2.82. The van der Waals surface area contributed by atoms with Gasteiger partial charge in [0.1, 0.15) is 0 Å². The van der Waals surface area contributed by atoms with E-state index in [0.717, 1.165) is 0 Å². The average Bonchev–Trinajstić information content (AvgIpc) is 2.59. The summed E-state index contributed by atoms with van der Waals surface area (Å²) in [5.41, 5.74) is 0.299. The van der Waals surface area contributed by atoms with Crippen molar-refractivity contribution in [1.29, 1.82) is 0 Å². The number of hydrogen-bond donors (Lipinski definition) is 4. The molecule has 162 valence electrons. The number of hydrogen-bond acceptors (Lipinski definition) is 7. The Bertz CT molecular complexity index is 1050. The van der Waals surface area contributed by atoms with E-state index < -0.39 is 27.6 Å². The quantitative estimate of drug-likeness (QED) is 0.561. The van der Waals surface area contributed by atoms with Gasteiger partial charge in [-0.15, -0.1) is 0 Å². The summed E-state index contributed by atoms with van der Waals surface area (Å²) in [6.07, 6.45) is 0. The molecule has 0 atom stereocenters. The van der Waals surface area contributed by atoms with Crippen molar-refractivity contribution in [3.8, 4) is 5.88 Å². The number of carbonyl (C=O) groups is 2. The Morgan fingerprint density at radius 2 is 1.73 bits per heavy atom. The zero-order valence-electron chi connectivity index (χ0n) is 17.2. The van der Waals surface area contributed by atoms with E-state index in [1.165, 1.54) is 31.4 Å². The topological polar surface area (TPSA) is 151 Å². The van der Waals surface area contributed by atoms with E-state index >= 15 is 0 Å². The Morgan fingerprint density at radius 1 is 1.03 bits per heavy atom. The number of aryl methyl sites for hydroxylation is 1. The second kappa shape index (κ2) is 8.95. The van der Waals surface area contributed by atoms with E-state index in [9.17, 15) is 18.0 Å². The van der Waals surface area contributed by atoms with Crippen molar-refractivity contribution in [2.24, 2.45) is 0 Å². The fraction of sp³-hybridized carbons (Fsp3) is 0.333. The predicted molar refractivity (Wildman–Crippen MR) is 111 cm³/mol. The summed E-state index contributed by atoms with van der Waals surface area (Å²) in [6, 6.07) is 5.48. The normalized spacial score (nSPS) is 11.4. The van der Waals surface area contributed by atoms with E-state index in [2.05, 4.69) is 25.9 Å². The van der Waals surface area contributed by atoms with Crippen LogP contribution in [0.4, 0.5) is 21.2 Å². The largest absolute Gasteiger partial charge is 0.481 e. The first kappa shape index (κ1) is 22.9. The van der Waals surface area contributed by atoms with Crippen LogP contribution in [0.25, 0.3) is 0 Å². The van der Waals surface area contributed by atoms with Gasteiger partial charge in [0.05, 0.1) is 12.0 Å². The van der Waals surface area contributed by atoms with Crippen LogP contribution in [0.15, 0.2) is 35.2 Å². The Balaban J connectivity index is 2.11. The lowest BCUT2D eigenvalue weighted by atomic mass is 10.1. The van der Waals surface area contributed by atoms with Gasteiger partial charge in [0, 0.05) is 23.0 Å². The summed E-state index contributed by atoms with van der Waals surface area (Å²) in [6.45, 7) is 7.09. The molecular weight excluding hydrogens is 412 g/mol. The summed E-state index contributed by atoms with van der Waals surface area (Å²) in [5.74, 6) is 0.0989. The number of carbonyl (C=O) groups excluding carboxylic acids is 2. The maximum atomic E-state index is 12.5. The number of ether oxygens (including phenoxy) is 1. The van der Waals surface area contributed by atoms with Gasteiger partial charge in [-0.3, -0.25) is 5.32 Å². The highest BCUT2D eigenvalue weighted by molar-refractivity contribution is 7.90. The average molecular weight is 436 g/mol. The molecule has 0 aliphatic carbocycles. The van der Waals surface area contributed by atoms with Gasteiger partial charge in [-0.2, -0.15) is 4.98 Å². The third-order valence-electron chi connectivity index (χ3n) is 3.38. The molecule has 4 N–H and O–H groups in total. The zero-order chi connectivity index (χ0) is 22.5. The highest BCUT2D eigenvalue weighted by Gasteiger charge is 2.20. The lowest BCUT2D eigenvalue weighted by Gasteiger charge is -2.20. The molecule has 0 bridgehead atoms. The molecule has 30 heavy (non-hydrogen) atoms. The van der Waals surface area contributed by atoms with Crippen LogP contribution >= 0.6 is 0 Å². The first-order chi connectivity index (χ1) is 13.9. The summed E-state index contributed by atoms with van der Waals surface area (Å²) >= 11 is 0. The fourth-order valence-electron chi connectivity index (χ4n) is 2.25. The lowest BCUT2D eigenvalue weighted by molar-refractivity contribution is 0.243. The van der Waals surface area contributed by atoms with Gasteiger partial charge in [0.2, 0.25) is 11.8 Å². The van der Waals surface area contributed by atoms with Crippen LogP contribution in [0.2, 0.25) is 0 Å². The van der Waals surface area contributed by atoms with Gasteiger partial charge in [0.15, 0.2) is 0 Å². The number of rotatable bonds is 5. The summed E-state index contributed by atoms with van der Waals surface area (Å²) < 4.78 is 31.9. The molecule has 0 aliphatic rings. The molecule has 2 aromatic rings. The number of anilines is 2. The van der Waals surface area contributed by atoms with Crippen LogP contribution in [-0.2, 0) is 10.0 Å². The molecule has 11 nitrogen and oxygen atoms in total. The third-order valence-corrected chi connectivity index (χ3v) is 4.71. The van der Waals surface area contributed by atoms with E-state index in [-0.39, 0.29) is 22.4 Å². The monoisotopic (exact) mass is 436 g/mol. The van der Waals surface area contributed by atoms with Crippen molar-refractivity contribution in [1.82, 2.24) is 20.0 Å². The van der Waals surface area contributed by atoms with Gasteiger partial charge < -0.3 is 15.4 Å². The number of methoxy groups -OCH3 is 1. The molecule has 2 rings (SSSR count). The van der Waals surface area contributed by atoms with Gasteiger partial charge in [-0.1, -0.05) is 6.07 Å². The number of nitrogens with one attached hydrogen (secondary N) is 4. The van der Waals surface area contributed by atoms with E-state index in [1.807, 2.05) is 25.5 Å². The molecule has 1 heterocycles. The number of amides is 4. The second-order valence-electron chi connectivity index (χ2n) is 7.29. The second-order valence-corrected chi connectivity index (χ2v) is 8.97. The van der Waals surface area contributed by atoms with Crippen LogP contribution in [0.5, 0.6) is 5.88 Å². The SMILES string of the molecule is COc1cc(C)nc(NC(=O)NS(=O)(=O)c2cccc(NC(=O)NC(C)(C)C)c2)n1. The molecule has 0 saturated carbocycles. The van der Waals surface area contributed by atoms with Crippen molar-refractivity contribution in [2.45, 2.75) is 38.1 Å². The minimum absolute atomic E-state index is 0.117. The summed E-state index contributed by atoms with van der Waals surface area (Å²) in [4.78, 5) is 31.8. The molecule has 0 fully saturated rings. The molecule has 0 radical (unpaired) electrons. The highest BCUT2D eigenvalue weighted by Crippen LogP contribution is 2.16. The fourth-order valence-corrected chi connectivity index (χ4v) is 3.20. The van der Waals surface area contributed by atoms with Gasteiger partial charge in [-0.25, -0.2) is 27.7 Å². The minimum Gasteiger partial charge on any atom is -0.481 e. The van der Waals surface area contributed by atoms with E-state index in [4.69, 9.17) is 4.74 Å². The van der Waals surface area contributed by atoms with E-state index in [0.29, 0.717) is 5.69 Å². The van der Waals surface area contributed by atoms with Crippen molar-refractivity contribution in [3.05, 3.63) is 36.0 Å². The molecule has 0 saturated heterocycles. The molecule has 0 unspecified atom stereocenters. The highest BCUT2D eigenvalue weighted by atomic mass is 32.2. The molecule has 1 aromatic carbocycles. The molecule has 12 heteroatoms. The number of nitrogens with zero attached hydrogens (tertiary/aromatic N) is 2. The number of sulfonamides is 1. The zero-order valence-corrected chi connectivity index (χ0v) is 18.0. The number of aromatic nitrogens is 2. The standard InChI is InChI=1S/C18H24N6O5S/c1-11-9-14(29-5)21-15(19-11)22-17(26)24-30(27,28)13-8-6-7-12(10-13)20-16(25)23-18(2,3)4/h6-10H,1-5H3,(H2,20,23,25)(H2,19,21,22,24,26). The van der Waals surface area contributed by atoms with Crippen LogP contribution < -0.4 is 25.4 Å². The molecular formula is C18H24N6O5S. The van der Waals surface area contributed by atoms with Crippen LogP contribution in [0, 0.1) is 6.92 Å². The maximum Gasteiger partial charge on any atom is 0.335 e. The third kappa shape index (κ3) is 6.88. The van der Waals surface area contributed by atoms with Gasteiger partial charge >= 0.3 is 12.1 Å². The van der Waals surface area contributed by atoms with Crippen molar-refractivity contribution >= 4 is 33.7 Å².